The van der Waals surface area contributed by atoms with Gasteiger partial charge in [0.2, 0.25) is 0 Å². The summed E-state index contributed by atoms with van der Waals surface area (Å²) >= 11 is 0. The largest absolute Gasteiger partial charge is 0.391 e. The molecular weight excluding hydrogens is 242 g/mol. The predicted octanol–water partition coefficient (Wildman–Crippen LogP) is 1.58. The number of hydrogen-bond acceptors (Lipinski definition) is 3. The third kappa shape index (κ3) is 3.55. The predicted molar refractivity (Wildman–Crippen MR) is 72.8 cm³/mol. The molecule has 4 nitrogen and oxygen atoms in total. The minimum atomic E-state index is -0.543. The van der Waals surface area contributed by atoms with Gasteiger partial charge in [-0.1, -0.05) is 37.6 Å². The fraction of sp³-hybridized carbons (Fsp3) is 0.533. The summed E-state index contributed by atoms with van der Waals surface area (Å²) in [6.45, 7) is 2.85. The van der Waals surface area contributed by atoms with E-state index < -0.39 is 12.2 Å². The molecule has 0 aliphatic carbocycles. The van der Waals surface area contributed by atoms with Crippen molar-refractivity contribution in [1.82, 2.24) is 5.32 Å². The highest BCUT2D eigenvalue weighted by atomic mass is 16.5. The van der Waals surface area contributed by atoms with Gasteiger partial charge in [0.25, 0.3) is 5.91 Å². The van der Waals surface area contributed by atoms with Crippen LogP contribution in [0.1, 0.15) is 37.0 Å². The van der Waals surface area contributed by atoms with Crippen molar-refractivity contribution in [1.29, 1.82) is 0 Å². The molecule has 1 amide bonds. The summed E-state index contributed by atoms with van der Waals surface area (Å²) in [5.41, 5.74) is 2.11. The first-order valence-electron chi connectivity index (χ1n) is 6.87. The van der Waals surface area contributed by atoms with E-state index >= 15 is 0 Å². The Kier molecular flexibility index (Phi) is 4.93. The Labute approximate surface area is 113 Å². The van der Waals surface area contributed by atoms with Crippen LogP contribution >= 0.6 is 0 Å². The van der Waals surface area contributed by atoms with E-state index in [0.29, 0.717) is 13.0 Å². The number of nitrogens with one attached hydrogen (secondary N) is 1. The maximum atomic E-state index is 12.1. The van der Waals surface area contributed by atoms with Gasteiger partial charge in [0.05, 0.1) is 12.7 Å². The third-order valence-electron chi connectivity index (χ3n) is 3.37. The lowest BCUT2D eigenvalue weighted by atomic mass is 9.97. The zero-order chi connectivity index (χ0) is 13.7. The van der Waals surface area contributed by atoms with Crippen LogP contribution in [-0.4, -0.2) is 30.3 Å². The number of ether oxygens (including phenoxy) is 1. The van der Waals surface area contributed by atoms with Crippen LogP contribution in [0, 0.1) is 0 Å². The van der Waals surface area contributed by atoms with Crippen molar-refractivity contribution < 1.29 is 14.6 Å². The number of aliphatic hydroxyl groups is 1. The quantitative estimate of drug-likeness (QED) is 0.848. The van der Waals surface area contributed by atoms with Gasteiger partial charge in [0.15, 0.2) is 6.10 Å². The third-order valence-corrected chi connectivity index (χ3v) is 3.37. The minimum absolute atomic E-state index is 0.165. The summed E-state index contributed by atoms with van der Waals surface area (Å²) in [7, 11) is 0. The van der Waals surface area contributed by atoms with Crippen LogP contribution in [0.4, 0.5) is 0 Å². The molecule has 104 valence electrons. The lowest BCUT2D eigenvalue weighted by Crippen LogP contribution is -2.38. The van der Waals surface area contributed by atoms with Crippen molar-refractivity contribution in [3.63, 3.8) is 0 Å². The van der Waals surface area contributed by atoms with Crippen LogP contribution in [0.25, 0.3) is 0 Å². The number of benzene rings is 1. The fourth-order valence-corrected chi connectivity index (χ4v) is 2.36. The summed E-state index contributed by atoms with van der Waals surface area (Å²) in [4.78, 5) is 12.1. The number of carbonyl (C=O) groups is 1. The Morgan fingerprint density at radius 2 is 2.32 bits per heavy atom. The molecule has 0 bridgehead atoms. The van der Waals surface area contributed by atoms with Crippen molar-refractivity contribution in [2.45, 2.75) is 38.4 Å². The molecular formula is C15H21NO3. The van der Waals surface area contributed by atoms with Gasteiger partial charge >= 0.3 is 0 Å². The molecule has 2 rings (SSSR count). The van der Waals surface area contributed by atoms with Crippen molar-refractivity contribution in [2.75, 3.05) is 13.2 Å². The van der Waals surface area contributed by atoms with Crippen molar-refractivity contribution in [2.24, 2.45) is 0 Å². The number of rotatable bonds is 5. The van der Waals surface area contributed by atoms with Crippen LogP contribution in [0.3, 0.4) is 0 Å². The lowest BCUT2D eigenvalue weighted by molar-refractivity contribution is -0.134. The maximum absolute atomic E-state index is 12.1. The fourth-order valence-electron chi connectivity index (χ4n) is 2.36. The van der Waals surface area contributed by atoms with E-state index in [1.807, 2.05) is 31.2 Å². The molecule has 0 aromatic heterocycles. The molecule has 1 aliphatic rings. The number of fused-ring (bicyclic) bond motifs is 1. The van der Waals surface area contributed by atoms with Gasteiger partial charge in [-0.15, -0.1) is 0 Å². The van der Waals surface area contributed by atoms with Gasteiger partial charge in [0, 0.05) is 6.54 Å². The number of aliphatic hydroxyl groups excluding tert-OH is 1. The first kappa shape index (κ1) is 14.0. The minimum Gasteiger partial charge on any atom is -0.391 e. The molecule has 1 aromatic carbocycles. The van der Waals surface area contributed by atoms with Gasteiger partial charge in [-0.25, -0.2) is 0 Å². The van der Waals surface area contributed by atoms with Crippen molar-refractivity contribution in [3.8, 4) is 0 Å². The van der Waals surface area contributed by atoms with Gasteiger partial charge in [-0.3, -0.25) is 4.79 Å². The summed E-state index contributed by atoms with van der Waals surface area (Å²) in [6.07, 6.45) is 1.42. The van der Waals surface area contributed by atoms with Crippen LogP contribution in [0.15, 0.2) is 24.3 Å². The van der Waals surface area contributed by atoms with Crippen LogP contribution in [0.2, 0.25) is 0 Å². The van der Waals surface area contributed by atoms with Crippen LogP contribution < -0.4 is 5.32 Å². The summed E-state index contributed by atoms with van der Waals surface area (Å²) < 4.78 is 5.56. The molecule has 0 spiro atoms. The van der Waals surface area contributed by atoms with Crippen molar-refractivity contribution >= 4 is 5.91 Å². The summed E-state index contributed by atoms with van der Waals surface area (Å²) in [5.74, 6) is -0.165. The SMILES string of the molecule is CCCC(O)CNC(=O)C1OCCc2ccccc21. The molecule has 19 heavy (non-hydrogen) atoms. The number of hydrogen-bond donors (Lipinski definition) is 2. The smallest absolute Gasteiger partial charge is 0.253 e. The highest BCUT2D eigenvalue weighted by molar-refractivity contribution is 5.82. The zero-order valence-corrected chi connectivity index (χ0v) is 11.3. The van der Waals surface area contributed by atoms with Crippen LogP contribution in [-0.2, 0) is 16.0 Å². The Bertz CT molecular complexity index is 433. The second kappa shape index (κ2) is 6.68. The Morgan fingerprint density at radius 1 is 1.53 bits per heavy atom. The molecule has 0 saturated heterocycles. The Hall–Kier alpha value is -1.39. The molecule has 2 atom stereocenters. The van der Waals surface area contributed by atoms with E-state index in [0.717, 1.165) is 18.4 Å². The van der Waals surface area contributed by atoms with Crippen molar-refractivity contribution in [3.05, 3.63) is 35.4 Å². The van der Waals surface area contributed by atoms with Gasteiger partial charge in [0.1, 0.15) is 0 Å². The van der Waals surface area contributed by atoms with Crippen LogP contribution in [0.5, 0.6) is 0 Å². The van der Waals surface area contributed by atoms with E-state index in [4.69, 9.17) is 4.74 Å². The average molecular weight is 263 g/mol. The first-order chi connectivity index (χ1) is 9.22. The summed E-state index contributed by atoms with van der Waals surface area (Å²) in [6, 6.07) is 7.86. The monoisotopic (exact) mass is 263 g/mol. The molecule has 0 fully saturated rings. The molecule has 1 aliphatic heterocycles. The second-order valence-electron chi connectivity index (χ2n) is 4.89. The topological polar surface area (TPSA) is 58.6 Å². The number of carbonyl (C=O) groups excluding carboxylic acids is 1. The highest BCUT2D eigenvalue weighted by Gasteiger charge is 2.27. The molecule has 1 heterocycles. The van der Waals surface area contributed by atoms with E-state index in [9.17, 15) is 9.90 Å². The van der Waals surface area contributed by atoms with Gasteiger partial charge in [-0.05, 0) is 24.0 Å². The molecule has 2 unspecified atom stereocenters. The van der Waals surface area contributed by atoms with Gasteiger partial charge in [-0.2, -0.15) is 0 Å². The standard InChI is InChI=1S/C15H21NO3/c1-2-5-12(17)10-16-15(18)14-13-7-4-3-6-11(13)8-9-19-14/h3-4,6-7,12,14,17H,2,5,8-10H2,1H3,(H,16,18). The van der Waals surface area contributed by atoms with E-state index in [1.54, 1.807) is 0 Å². The number of amides is 1. The molecule has 2 N–H and O–H groups in total. The molecule has 0 saturated carbocycles. The first-order valence-corrected chi connectivity index (χ1v) is 6.87. The van der Waals surface area contributed by atoms with E-state index in [1.165, 1.54) is 5.56 Å². The van der Waals surface area contributed by atoms with E-state index in [2.05, 4.69) is 5.32 Å². The van der Waals surface area contributed by atoms with Gasteiger partial charge < -0.3 is 15.2 Å². The highest BCUT2D eigenvalue weighted by Crippen LogP contribution is 2.26. The molecule has 1 aromatic rings. The average Bonchev–Trinajstić information content (AvgIpc) is 2.44. The zero-order valence-electron chi connectivity index (χ0n) is 11.3. The normalized spacial score (nSPS) is 19.6. The second-order valence-corrected chi connectivity index (χ2v) is 4.89. The molecule has 4 heteroatoms. The Morgan fingerprint density at radius 3 is 3.11 bits per heavy atom. The molecule has 0 radical (unpaired) electrons. The summed E-state index contributed by atoms with van der Waals surface area (Å²) in [5, 5.41) is 12.4. The maximum Gasteiger partial charge on any atom is 0.253 e. The van der Waals surface area contributed by atoms with E-state index in [-0.39, 0.29) is 12.5 Å². The Balaban J connectivity index is 1.97. The lowest BCUT2D eigenvalue weighted by Gasteiger charge is -2.25.